The van der Waals surface area contributed by atoms with Gasteiger partial charge in [-0.25, -0.2) is 4.79 Å². The number of amidine groups is 1. The number of methoxy groups -OCH3 is 1. The van der Waals surface area contributed by atoms with Gasteiger partial charge in [0.1, 0.15) is 11.6 Å². The standard InChI is InChI=1S/C15H16N4O2/c1-21-12-9-5-8-11(14(16)17)13(12)19-15(20)18-10-6-3-2-4-7-10/h2-9H,1H3,(H3,16,17)(H2,18,19,20). The molecule has 2 rings (SSSR count). The van der Waals surface area contributed by atoms with Gasteiger partial charge in [-0.1, -0.05) is 24.3 Å². The molecule has 21 heavy (non-hydrogen) atoms. The number of carbonyl (C=O) groups is 1. The Balaban J connectivity index is 2.22. The summed E-state index contributed by atoms with van der Waals surface area (Å²) in [4.78, 5) is 12.0. The molecule has 0 heterocycles. The minimum atomic E-state index is -0.437. The highest BCUT2D eigenvalue weighted by Gasteiger charge is 2.14. The number of benzene rings is 2. The lowest BCUT2D eigenvalue weighted by Gasteiger charge is -2.14. The number of carbonyl (C=O) groups excluding carboxylic acids is 1. The molecule has 6 nitrogen and oxygen atoms in total. The predicted octanol–water partition coefficient (Wildman–Crippen LogP) is 2.62. The second kappa shape index (κ2) is 6.42. The number of rotatable bonds is 4. The normalized spacial score (nSPS) is 9.76. The summed E-state index contributed by atoms with van der Waals surface area (Å²) >= 11 is 0. The lowest BCUT2D eigenvalue weighted by Crippen LogP contribution is -2.23. The number of anilines is 2. The van der Waals surface area contributed by atoms with Crippen LogP contribution in [-0.4, -0.2) is 19.0 Å². The quantitative estimate of drug-likeness (QED) is 0.513. The van der Waals surface area contributed by atoms with Crippen LogP contribution in [-0.2, 0) is 0 Å². The monoisotopic (exact) mass is 284 g/mol. The summed E-state index contributed by atoms with van der Waals surface area (Å²) in [5, 5.41) is 12.9. The van der Waals surface area contributed by atoms with E-state index in [-0.39, 0.29) is 5.84 Å². The molecule has 2 amide bonds. The van der Waals surface area contributed by atoms with Crippen LogP contribution >= 0.6 is 0 Å². The van der Waals surface area contributed by atoms with Crippen molar-refractivity contribution in [3.8, 4) is 5.75 Å². The van der Waals surface area contributed by atoms with Crippen molar-refractivity contribution >= 4 is 23.2 Å². The fourth-order valence-electron chi connectivity index (χ4n) is 1.85. The van der Waals surface area contributed by atoms with Gasteiger partial charge in [0, 0.05) is 11.3 Å². The predicted molar refractivity (Wildman–Crippen MR) is 83.1 cm³/mol. The summed E-state index contributed by atoms with van der Waals surface area (Å²) in [5.41, 5.74) is 6.95. The Hall–Kier alpha value is -3.02. The van der Waals surface area contributed by atoms with Gasteiger partial charge in [-0.15, -0.1) is 0 Å². The summed E-state index contributed by atoms with van der Waals surface area (Å²) < 4.78 is 5.19. The van der Waals surface area contributed by atoms with Crippen molar-refractivity contribution in [1.82, 2.24) is 0 Å². The van der Waals surface area contributed by atoms with Gasteiger partial charge in [0.05, 0.1) is 12.8 Å². The van der Waals surface area contributed by atoms with Crippen molar-refractivity contribution in [3.05, 3.63) is 54.1 Å². The summed E-state index contributed by atoms with van der Waals surface area (Å²) in [6, 6.07) is 13.6. The summed E-state index contributed by atoms with van der Waals surface area (Å²) in [7, 11) is 1.49. The first-order valence-corrected chi connectivity index (χ1v) is 6.26. The van der Waals surface area contributed by atoms with Crippen LogP contribution in [0.15, 0.2) is 48.5 Å². The maximum Gasteiger partial charge on any atom is 0.323 e. The molecule has 2 aromatic carbocycles. The molecule has 0 fully saturated rings. The molecular formula is C15H16N4O2. The summed E-state index contributed by atoms with van der Waals surface area (Å²) in [6.07, 6.45) is 0. The Kier molecular flexibility index (Phi) is 4.40. The average Bonchev–Trinajstić information content (AvgIpc) is 2.48. The van der Waals surface area contributed by atoms with E-state index in [1.54, 1.807) is 30.3 Å². The van der Waals surface area contributed by atoms with Crippen molar-refractivity contribution in [3.63, 3.8) is 0 Å². The molecule has 0 aliphatic heterocycles. The molecule has 0 unspecified atom stereocenters. The molecular weight excluding hydrogens is 268 g/mol. The molecule has 0 saturated heterocycles. The molecule has 0 saturated carbocycles. The van der Waals surface area contributed by atoms with Crippen LogP contribution in [0.2, 0.25) is 0 Å². The third-order valence-electron chi connectivity index (χ3n) is 2.81. The topological polar surface area (TPSA) is 100 Å². The highest BCUT2D eigenvalue weighted by Crippen LogP contribution is 2.28. The molecule has 2 aromatic rings. The molecule has 5 N–H and O–H groups in total. The van der Waals surface area contributed by atoms with Gasteiger partial charge in [0.2, 0.25) is 0 Å². The number of amides is 2. The van der Waals surface area contributed by atoms with Gasteiger partial charge in [-0.2, -0.15) is 0 Å². The van der Waals surface area contributed by atoms with Crippen LogP contribution < -0.4 is 21.1 Å². The number of nitrogens with one attached hydrogen (secondary N) is 3. The highest BCUT2D eigenvalue weighted by molar-refractivity contribution is 6.08. The number of urea groups is 1. The largest absolute Gasteiger partial charge is 0.495 e. The Morgan fingerprint density at radius 3 is 2.43 bits per heavy atom. The molecule has 0 aliphatic carbocycles. The lowest BCUT2D eigenvalue weighted by atomic mass is 10.1. The van der Waals surface area contributed by atoms with E-state index < -0.39 is 6.03 Å². The van der Waals surface area contributed by atoms with Gasteiger partial charge in [0.15, 0.2) is 0 Å². The van der Waals surface area contributed by atoms with Crippen LogP contribution in [0.4, 0.5) is 16.2 Å². The Labute approximate surface area is 122 Å². The molecule has 0 radical (unpaired) electrons. The minimum absolute atomic E-state index is 0.149. The SMILES string of the molecule is COc1cccc(C(=N)N)c1NC(=O)Nc1ccccc1. The maximum atomic E-state index is 12.0. The molecule has 0 aromatic heterocycles. The first-order valence-electron chi connectivity index (χ1n) is 6.26. The van der Waals surface area contributed by atoms with E-state index in [0.29, 0.717) is 22.7 Å². The van der Waals surface area contributed by atoms with Crippen molar-refractivity contribution in [2.45, 2.75) is 0 Å². The zero-order chi connectivity index (χ0) is 15.2. The van der Waals surface area contributed by atoms with E-state index in [0.717, 1.165) is 0 Å². The zero-order valence-electron chi connectivity index (χ0n) is 11.5. The van der Waals surface area contributed by atoms with E-state index in [4.69, 9.17) is 15.9 Å². The molecule has 0 aliphatic rings. The zero-order valence-corrected chi connectivity index (χ0v) is 11.5. The van der Waals surface area contributed by atoms with Crippen LogP contribution in [0.5, 0.6) is 5.75 Å². The van der Waals surface area contributed by atoms with Gasteiger partial charge < -0.3 is 21.1 Å². The third-order valence-corrected chi connectivity index (χ3v) is 2.81. The van der Waals surface area contributed by atoms with Crippen LogP contribution in [0.25, 0.3) is 0 Å². The number of ether oxygens (including phenoxy) is 1. The van der Waals surface area contributed by atoms with Crippen molar-refractivity contribution in [2.75, 3.05) is 17.7 Å². The van der Waals surface area contributed by atoms with Crippen LogP contribution in [0.1, 0.15) is 5.56 Å². The minimum Gasteiger partial charge on any atom is -0.495 e. The van der Waals surface area contributed by atoms with Crippen molar-refractivity contribution in [1.29, 1.82) is 5.41 Å². The first-order chi connectivity index (χ1) is 10.1. The molecule has 108 valence electrons. The average molecular weight is 284 g/mol. The second-order valence-corrected chi connectivity index (χ2v) is 4.24. The van der Waals surface area contributed by atoms with Gasteiger partial charge in [-0.3, -0.25) is 5.41 Å². The summed E-state index contributed by atoms with van der Waals surface area (Å²) in [5.74, 6) is 0.287. The maximum absolute atomic E-state index is 12.0. The third kappa shape index (κ3) is 3.50. The Bertz CT molecular complexity index is 656. The lowest BCUT2D eigenvalue weighted by molar-refractivity contribution is 0.262. The van der Waals surface area contributed by atoms with Gasteiger partial charge >= 0.3 is 6.03 Å². The number of hydrogen-bond donors (Lipinski definition) is 4. The fourth-order valence-corrected chi connectivity index (χ4v) is 1.85. The molecule has 0 atom stereocenters. The molecule has 0 bridgehead atoms. The van der Waals surface area contributed by atoms with E-state index in [9.17, 15) is 4.79 Å². The van der Waals surface area contributed by atoms with E-state index in [1.807, 2.05) is 18.2 Å². The Morgan fingerprint density at radius 1 is 1.10 bits per heavy atom. The van der Waals surface area contributed by atoms with E-state index in [1.165, 1.54) is 7.11 Å². The fraction of sp³-hybridized carbons (Fsp3) is 0.0667. The smallest absolute Gasteiger partial charge is 0.323 e. The Morgan fingerprint density at radius 2 is 1.81 bits per heavy atom. The van der Waals surface area contributed by atoms with Crippen LogP contribution in [0, 0.1) is 5.41 Å². The van der Waals surface area contributed by atoms with Crippen LogP contribution in [0.3, 0.4) is 0 Å². The molecule has 0 spiro atoms. The van der Waals surface area contributed by atoms with E-state index in [2.05, 4.69) is 10.6 Å². The first kappa shape index (κ1) is 14.4. The second-order valence-electron chi connectivity index (χ2n) is 4.24. The highest BCUT2D eigenvalue weighted by atomic mass is 16.5. The molecule has 6 heteroatoms. The van der Waals surface area contributed by atoms with Gasteiger partial charge in [-0.05, 0) is 24.3 Å². The van der Waals surface area contributed by atoms with E-state index >= 15 is 0 Å². The van der Waals surface area contributed by atoms with Crippen molar-refractivity contribution < 1.29 is 9.53 Å². The number of nitrogen functional groups attached to an aromatic ring is 1. The number of para-hydroxylation sites is 2. The summed E-state index contributed by atoms with van der Waals surface area (Å²) in [6.45, 7) is 0. The number of nitrogens with two attached hydrogens (primary N) is 1. The van der Waals surface area contributed by atoms with Crippen molar-refractivity contribution in [2.24, 2.45) is 5.73 Å². The van der Waals surface area contributed by atoms with Gasteiger partial charge in [0.25, 0.3) is 0 Å². The number of hydrogen-bond acceptors (Lipinski definition) is 3.